The Balaban J connectivity index is 1.26. The maximum Gasteiger partial charge on any atom is 0.227 e. The topological polar surface area (TPSA) is 85.3 Å². The summed E-state index contributed by atoms with van der Waals surface area (Å²) in [5, 5.41) is 6.99. The number of imidazole rings is 1. The van der Waals surface area contributed by atoms with Gasteiger partial charge in [-0.05, 0) is 30.5 Å². The molecule has 0 atom stereocenters. The van der Waals surface area contributed by atoms with E-state index in [4.69, 9.17) is 4.52 Å². The molecule has 3 aromatic rings. The highest BCUT2D eigenvalue weighted by atomic mass is 16.5. The van der Waals surface area contributed by atoms with Crippen LogP contribution in [-0.4, -0.2) is 25.4 Å². The molecule has 1 amide bonds. The van der Waals surface area contributed by atoms with Crippen LogP contribution in [0.15, 0.2) is 35.2 Å². The Hall–Kier alpha value is -2.70. The molecule has 3 aromatic heterocycles. The van der Waals surface area contributed by atoms with Crippen molar-refractivity contribution in [1.29, 1.82) is 0 Å². The van der Waals surface area contributed by atoms with E-state index in [0.717, 1.165) is 29.9 Å². The third kappa shape index (κ3) is 3.70. The fourth-order valence-electron chi connectivity index (χ4n) is 3.29. The molecule has 7 nitrogen and oxygen atoms in total. The van der Waals surface area contributed by atoms with Crippen LogP contribution in [0.4, 0.5) is 0 Å². The molecular formula is C18H21N5O2. The zero-order valence-electron chi connectivity index (χ0n) is 14.0. The summed E-state index contributed by atoms with van der Waals surface area (Å²) in [6, 6.07) is 3.94. The van der Waals surface area contributed by atoms with Crippen molar-refractivity contribution in [3.8, 4) is 0 Å². The number of hydrogen-bond donors (Lipinski definition) is 1. The Morgan fingerprint density at radius 2 is 2.20 bits per heavy atom. The Kier molecular flexibility index (Phi) is 4.45. The quantitative estimate of drug-likeness (QED) is 0.746. The highest BCUT2D eigenvalue weighted by Crippen LogP contribution is 2.32. The van der Waals surface area contributed by atoms with Crippen LogP contribution in [0.3, 0.4) is 0 Å². The third-order valence-electron chi connectivity index (χ3n) is 4.72. The summed E-state index contributed by atoms with van der Waals surface area (Å²) in [7, 11) is 0. The van der Waals surface area contributed by atoms with Gasteiger partial charge in [0, 0.05) is 43.9 Å². The second kappa shape index (κ2) is 7.04. The van der Waals surface area contributed by atoms with Gasteiger partial charge in [-0.1, -0.05) is 18.0 Å². The molecule has 130 valence electrons. The number of carbonyl (C=O) groups excluding carboxylic acids is 1. The number of aryl methyl sites for hydroxylation is 1. The summed E-state index contributed by atoms with van der Waals surface area (Å²) in [6.07, 6.45) is 11.2. The zero-order valence-corrected chi connectivity index (χ0v) is 14.0. The minimum Gasteiger partial charge on any atom is -0.352 e. The van der Waals surface area contributed by atoms with Gasteiger partial charge in [-0.15, -0.1) is 0 Å². The predicted molar refractivity (Wildman–Crippen MR) is 90.9 cm³/mol. The molecule has 3 heterocycles. The standard InChI is InChI=1S/C18H21N5O2/c24-16(20-12-13-7-9-23-10-8-19-15(23)11-13)5-6-17-21-18(22-25-17)14-3-1-2-4-14/h7-11,14H,1-6,12H2,(H,20,24). The van der Waals surface area contributed by atoms with Crippen LogP contribution in [-0.2, 0) is 17.8 Å². The first-order valence-corrected chi connectivity index (χ1v) is 8.79. The van der Waals surface area contributed by atoms with Gasteiger partial charge in [-0.2, -0.15) is 4.98 Å². The van der Waals surface area contributed by atoms with Crippen LogP contribution >= 0.6 is 0 Å². The summed E-state index contributed by atoms with van der Waals surface area (Å²) < 4.78 is 7.21. The van der Waals surface area contributed by atoms with Crippen molar-refractivity contribution in [2.45, 2.75) is 51.0 Å². The fraction of sp³-hybridized carbons (Fsp3) is 0.444. The SMILES string of the molecule is O=C(CCc1nc(C2CCCC2)no1)NCc1ccn2ccnc2c1. The molecule has 0 aromatic carbocycles. The van der Waals surface area contributed by atoms with Crippen LogP contribution in [0.25, 0.3) is 5.65 Å². The largest absolute Gasteiger partial charge is 0.352 e. The molecule has 4 rings (SSSR count). The summed E-state index contributed by atoms with van der Waals surface area (Å²) >= 11 is 0. The fourth-order valence-corrected chi connectivity index (χ4v) is 3.29. The molecular weight excluding hydrogens is 318 g/mol. The highest BCUT2D eigenvalue weighted by molar-refractivity contribution is 5.76. The smallest absolute Gasteiger partial charge is 0.227 e. The summed E-state index contributed by atoms with van der Waals surface area (Å²) in [5.41, 5.74) is 1.89. The van der Waals surface area contributed by atoms with E-state index in [1.165, 1.54) is 12.8 Å². The minimum atomic E-state index is -0.0242. The molecule has 0 aliphatic heterocycles. The minimum absolute atomic E-state index is 0.0242. The summed E-state index contributed by atoms with van der Waals surface area (Å²) in [4.78, 5) is 20.7. The number of amides is 1. The highest BCUT2D eigenvalue weighted by Gasteiger charge is 2.22. The van der Waals surface area contributed by atoms with Gasteiger partial charge in [-0.25, -0.2) is 4.98 Å². The van der Waals surface area contributed by atoms with Gasteiger partial charge >= 0.3 is 0 Å². The molecule has 1 aliphatic rings. The first kappa shape index (κ1) is 15.8. The normalized spacial score (nSPS) is 15.0. The maximum absolute atomic E-state index is 12.0. The van der Waals surface area contributed by atoms with Crippen molar-refractivity contribution in [3.63, 3.8) is 0 Å². The van der Waals surface area contributed by atoms with E-state index in [0.29, 0.717) is 31.2 Å². The molecule has 1 aliphatic carbocycles. The first-order valence-electron chi connectivity index (χ1n) is 8.79. The Morgan fingerprint density at radius 3 is 3.08 bits per heavy atom. The third-order valence-corrected chi connectivity index (χ3v) is 4.72. The molecule has 0 unspecified atom stereocenters. The Bertz CT molecular complexity index is 863. The van der Waals surface area contributed by atoms with Gasteiger partial charge in [0.15, 0.2) is 5.82 Å². The average molecular weight is 339 g/mol. The number of hydrogen-bond acceptors (Lipinski definition) is 5. The van der Waals surface area contributed by atoms with Crippen LogP contribution < -0.4 is 5.32 Å². The first-order chi connectivity index (χ1) is 12.3. The van der Waals surface area contributed by atoms with Crippen LogP contribution in [0.1, 0.15) is 55.3 Å². The lowest BCUT2D eigenvalue weighted by molar-refractivity contribution is -0.121. The molecule has 0 bridgehead atoms. The monoisotopic (exact) mass is 339 g/mol. The lowest BCUT2D eigenvalue weighted by atomic mass is 10.1. The molecule has 0 radical (unpaired) electrons. The Morgan fingerprint density at radius 1 is 1.32 bits per heavy atom. The maximum atomic E-state index is 12.0. The number of fused-ring (bicyclic) bond motifs is 1. The van der Waals surface area contributed by atoms with Crippen molar-refractivity contribution < 1.29 is 9.32 Å². The van der Waals surface area contributed by atoms with Crippen molar-refractivity contribution in [2.24, 2.45) is 0 Å². The lowest BCUT2D eigenvalue weighted by Gasteiger charge is -2.05. The summed E-state index contributed by atoms with van der Waals surface area (Å²) in [5.74, 6) is 1.77. The second-order valence-corrected chi connectivity index (χ2v) is 6.53. The number of nitrogens with one attached hydrogen (secondary N) is 1. The van der Waals surface area contributed by atoms with Gasteiger partial charge in [0.05, 0.1) is 0 Å². The molecule has 1 saturated carbocycles. The number of aromatic nitrogens is 4. The van der Waals surface area contributed by atoms with Crippen LogP contribution in [0, 0.1) is 0 Å². The van der Waals surface area contributed by atoms with Crippen molar-refractivity contribution in [2.75, 3.05) is 0 Å². The molecule has 1 N–H and O–H groups in total. The molecule has 0 spiro atoms. The number of nitrogens with zero attached hydrogens (tertiary/aromatic N) is 4. The van der Waals surface area contributed by atoms with Crippen LogP contribution in [0.5, 0.6) is 0 Å². The van der Waals surface area contributed by atoms with E-state index in [1.54, 1.807) is 6.20 Å². The van der Waals surface area contributed by atoms with Crippen molar-refractivity contribution in [3.05, 3.63) is 48.0 Å². The van der Waals surface area contributed by atoms with Crippen LogP contribution in [0.2, 0.25) is 0 Å². The predicted octanol–water partition coefficient (Wildman–Crippen LogP) is 2.62. The molecule has 25 heavy (non-hydrogen) atoms. The number of pyridine rings is 1. The van der Waals surface area contributed by atoms with Gasteiger partial charge in [0.1, 0.15) is 5.65 Å². The van der Waals surface area contributed by atoms with E-state index in [1.807, 2.05) is 28.9 Å². The van der Waals surface area contributed by atoms with E-state index >= 15 is 0 Å². The van der Waals surface area contributed by atoms with E-state index in [-0.39, 0.29) is 5.91 Å². The van der Waals surface area contributed by atoms with E-state index in [2.05, 4.69) is 20.4 Å². The average Bonchev–Trinajstić information content (AvgIpc) is 3.38. The van der Waals surface area contributed by atoms with Gasteiger partial charge in [0.2, 0.25) is 11.8 Å². The van der Waals surface area contributed by atoms with E-state index in [9.17, 15) is 4.79 Å². The molecule has 0 saturated heterocycles. The number of carbonyl (C=O) groups is 1. The number of rotatable bonds is 6. The van der Waals surface area contributed by atoms with Crippen molar-refractivity contribution in [1.82, 2.24) is 24.8 Å². The van der Waals surface area contributed by atoms with Gasteiger partial charge in [-0.3, -0.25) is 4.79 Å². The van der Waals surface area contributed by atoms with Gasteiger partial charge < -0.3 is 14.2 Å². The van der Waals surface area contributed by atoms with Gasteiger partial charge in [0.25, 0.3) is 0 Å². The lowest BCUT2D eigenvalue weighted by Crippen LogP contribution is -2.23. The molecule has 7 heteroatoms. The summed E-state index contributed by atoms with van der Waals surface area (Å²) in [6.45, 7) is 0.485. The second-order valence-electron chi connectivity index (χ2n) is 6.53. The Labute approximate surface area is 145 Å². The zero-order chi connectivity index (χ0) is 17.1. The van der Waals surface area contributed by atoms with E-state index < -0.39 is 0 Å². The van der Waals surface area contributed by atoms with Crippen molar-refractivity contribution >= 4 is 11.6 Å². The molecule has 1 fully saturated rings.